The first-order chi connectivity index (χ1) is 12.2. The van der Waals surface area contributed by atoms with Gasteiger partial charge >= 0.3 is 0 Å². The molecule has 2 aromatic rings. The quantitative estimate of drug-likeness (QED) is 0.398. The van der Waals surface area contributed by atoms with Crippen LogP contribution in [0.1, 0.15) is 12.1 Å². The van der Waals surface area contributed by atoms with E-state index in [0.717, 1.165) is 36.9 Å². The molecule has 0 aliphatic carbocycles. The van der Waals surface area contributed by atoms with Crippen molar-refractivity contribution in [2.45, 2.75) is 19.0 Å². The van der Waals surface area contributed by atoms with Gasteiger partial charge in [0.2, 0.25) is 0 Å². The van der Waals surface area contributed by atoms with Crippen molar-refractivity contribution >= 4 is 35.6 Å². The van der Waals surface area contributed by atoms with Crippen molar-refractivity contribution in [2.24, 2.45) is 12.0 Å². The average Bonchev–Trinajstić information content (AvgIpc) is 3.27. The highest BCUT2D eigenvalue weighted by Gasteiger charge is 2.23. The summed E-state index contributed by atoms with van der Waals surface area (Å²) in [6.45, 7) is 2.66. The van der Waals surface area contributed by atoms with Crippen LogP contribution in [0.5, 0.6) is 5.75 Å². The third kappa shape index (κ3) is 5.03. The predicted octanol–water partition coefficient (Wildman–Crippen LogP) is 1.99. The van der Waals surface area contributed by atoms with Crippen LogP contribution in [-0.4, -0.2) is 49.0 Å². The first kappa shape index (κ1) is 20.3. The van der Waals surface area contributed by atoms with Gasteiger partial charge in [-0.15, -0.1) is 24.0 Å². The lowest BCUT2D eigenvalue weighted by atomic mass is 10.2. The summed E-state index contributed by atoms with van der Waals surface area (Å²) in [6, 6.07) is 10.6. The maximum absolute atomic E-state index is 5.32. The number of methoxy groups -OCH3 is 1. The highest BCUT2D eigenvalue weighted by molar-refractivity contribution is 14.0. The second kappa shape index (κ2) is 9.65. The fourth-order valence-electron chi connectivity index (χ4n) is 3.06. The van der Waals surface area contributed by atoms with Gasteiger partial charge in [0.1, 0.15) is 5.75 Å². The molecule has 1 atom stereocenters. The molecule has 0 amide bonds. The molecule has 142 valence electrons. The van der Waals surface area contributed by atoms with Gasteiger partial charge in [0, 0.05) is 51.2 Å². The van der Waals surface area contributed by atoms with E-state index in [0.29, 0.717) is 12.6 Å². The number of aliphatic imine (C=N–C) groups is 1. The summed E-state index contributed by atoms with van der Waals surface area (Å²) >= 11 is 0. The molecule has 7 nitrogen and oxygen atoms in total. The fraction of sp³-hybridized carbons (Fsp3) is 0.444. The maximum Gasteiger partial charge on any atom is 0.191 e. The number of halogens is 1. The van der Waals surface area contributed by atoms with Crippen molar-refractivity contribution in [3.63, 3.8) is 0 Å². The zero-order chi connectivity index (χ0) is 17.6. The Hall–Kier alpha value is -1.97. The van der Waals surface area contributed by atoms with Gasteiger partial charge in [-0.25, -0.2) is 0 Å². The Labute approximate surface area is 171 Å². The van der Waals surface area contributed by atoms with E-state index < -0.39 is 0 Å². The maximum atomic E-state index is 5.32. The molecular weight excluding hydrogens is 443 g/mol. The third-order valence-corrected chi connectivity index (χ3v) is 4.53. The highest BCUT2D eigenvalue weighted by atomic mass is 127. The van der Waals surface area contributed by atoms with Crippen molar-refractivity contribution in [1.29, 1.82) is 0 Å². The molecule has 1 fully saturated rings. The number of nitrogens with zero attached hydrogens (tertiary/aromatic N) is 4. The van der Waals surface area contributed by atoms with E-state index in [1.54, 1.807) is 20.4 Å². The van der Waals surface area contributed by atoms with E-state index in [1.165, 1.54) is 5.69 Å². The standard InChI is InChI=1S/C18H26N6O.HI/c1-19-18(20-12-16-7-9-21-23(16)2)22-14-8-10-24(13-14)15-5-4-6-17(11-15)25-3;/h4-7,9,11,14H,8,10,12-13H2,1-3H3,(H2,19,20,22);1H. The number of ether oxygens (including phenoxy) is 1. The van der Waals surface area contributed by atoms with Crippen LogP contribution in [-0.2, 0) is 13.6 Å². The summed E-state index contributed by atoms with van der Waals surface area (Å²) < 4.78 is 7.18. The van der Waals surface area contributed by atoms with E-state index in [9.17, 15) is 0 Å². The van der Waals surface area contributed by atoms with Crippen LogP contribution in [0, 0.1) is 0 Å². The molecule has 1 saturated heterocycles. The molecule has 8 heteroatoms. The summed E-state index contributed by atoms with van der Waals surface area (Å²) in [5.74, 6) is 1.71. The minimum absolute atomic E-state index is 0. The first-order valence-electron chi connectivity index (χ1n) is 8.52. The Morgan fingerprint density at radius 3 is 2.92 bits per heavy atom. The molecule has 0 spiro atoms. The van der Waals surface area contributed by atoms with E-state index in [-0.39, 0.29) is 24.0 Å². The van der Waals surface area contributed by atoms with Gasteiger partial charge in [0.25, 0.3) is 0 Å². The van der Waals surface area contributed by atoms with Crippen molar-refractivity contribution in [2.75, 3.05) is 32.1 Å². The number of hydrogen-bond acceptors (Lipinski definition) is 4. The van der Waals surface area contributed by atoms with E-state index in [4.69, 9.17) is 4.74 Å². The number of aryl methyl sites for hydroxylation is 1. The Balaban J connectivity index is 0.00000243. The van der Waals surface area contributed by atoms with E-state index in [2.05, 4.69) is 37.8 Å². The SMILES string of the molecule is CN=C(NCc1ccnn1C)NC1CCN(c2cccc(OC)c2)C1.I. The van der Waals surface area contributed by atoms with Gasteiger partial charge in [0.15, 0.2) is 5.96 Å². The zero-order valence-electron chi connectivity index (χ0n) is 15.5. The van der Waals surface area contributed by atoms with Crippen molar-refractivity contribution in [3.05, 3.63) is 42.2 Å². The van der Waals surface area contributed by atoms with Gasteiger partial charge in [-0.05, 0) is 24.6 Å². The second-order valence-corrected chi connectivity index (χ2v) is 6.15. The van der Waals surface area contributed by atoms with Gasteiger partial charge in [0.05, 0.1) is 19.3 Å². The van der Waals surface area contributed by atoms with Gasteiger partial charge in [-0.1, -0.05) is 6.07 Å². The molecular formula is C18H27IN6O. The average molecular weight is 470 g/mol. The van der Waals surface area contributed by atoms with Crippen LogP contribution in [0.2, 0.25) is 0 Å². The number of benzene rings is 1. The Morgan fingerprint density at radius 1 is 1.38 bits per heavy atom. The number of aromatic nitrogens is 2. The molecule has 1 aliphatic heterocycles. The number of rotatable bonds is 5. The molecule has 26 heavy (non-hydrogen) atoms. The number of nitrogens with one attached hydrogen (secondary N) is 2. The highest BCUT2D eigenvalue weighted by Crippen LogP contribution is 2.24. The molecule has 1 aliphatic rings. The van der Waals surface area contributed by atoms with Crippen LogP contribution < -0.4 is 20.3 Å². The summed E-state index contributed by atoms with van der Waals surface area (Å²) in [5.41, 5.74) is 2.31. The smallest absolute Gasteiger partial charge is 0.191 e. The van der Waals surface area contributed by atoms with Crippen molar-refractivity contribution < 1.29 is 4.74 Å². The fourth-order valence-corrected chi connectivity index (χ4v) is 3.06. The lowest BCUT2D eigenvalue weighted by Gasteiger charge is -2.21. The zero-order valence-corrected chi connectivity index (χ0v) is 17.8. The Kier molecular flexibility index (Phi) is 7.55. The van der Waals surface area contributed by atoms with E-state index in [1.807, 2.05) is 29.9 Å². The number of guanidine groups is 1. The molecule has 1 unspecified atom stereocenters. The van der Waals surface area contributed by atoms with Crippen LogP contribution >= 0.6 is 24.0 Å². The summed E-state index contributed by atoms with van der Waals surface area (Å²) in [6.07, 6.45) is 2.87. The topological polar surface area (TPSA) is 66.7 Å². The van der Waals surface area contributed by atoms with Gasteiger partial charge < -0.3 is 20.3 Å². The third-order valence-electron chi connectivity index (χ3n) is 4.53. The Bertz CT molecular complexity index is 732. The van der Waals surface area contributed by atoms with E-state index >= 15 is 0 Å². The molecule has 0 radical (unpaired) electrons. The largest absolute Gasteiger partial charge is 0.497 e. The minimum atomic E-state index is 0. The molecule has 0 bridgehead atoms. The summed E-state index contributed by atoms with van der Waals surface area (Å²) in [4.78, 5) is 6.70. The molecule has 2 N–H and O–H groups in total. The second-order valence-electron chi connectivity index (χ2n) is 6.15. The lowest BCUT2D eigenvalue weighted by Crippen LogP contribution is -2.44. The molecule has 1 aromatic carbocycles. The van der Waals surface area contributed by atoms with Gasteiger partial charge in [-0.3, -0.25) is 9.67 Å². The first-order valence-corrected chi connectivity index (χ1v) is 8.52. The van der Waals surface area contributed by atoms with Crippen LogP contribution in [0.4, 0.5) is 5.69 Å². The van der Waals surface area contributed by atoms with Crippen molar-refractivity contribution in [1.82, 2.24) is 20.4 Å². The molecule has 0 saturated carbocycles. The lowest BCUT2D eigenvalue weighted by molar-refractivity contribution is 0.415. The van der Waals surface area contributed by atoms with Gasteiger partial charge in [-0.2, -0.15) is 5.10 Å². The van der Waals surface area contributed by atoms with Crippen LogP contribution in [0.25, 0.3) is 0 Å². The minimum Gasteiger partial charge on any atom is -0.497 e. The molecule has 3 rings (SSSR count). The molecule has 1 aromatic heterocycles. The van der Waals surface area contributed by atoms with Crippen molar-refractivity contribution in [3.8, 4) is 5.75 Å². The number of hydrogen-bond donors (Lipinski definition) is 2. The number of anilines is 1. The molecule has 2 heterocycles. The monoisotopic (exact) mass is 470 g/mol. The summed E-state index contributed by atoms with van der Waals surface area (Å²) in [5, 5.41) is 11.0. The summed E-state index contributed by atoms with van der Waals surface area (Å²) in [7, 11) is 5.44. The van der Waals surface area contributed by atoms with Crippen LogP contribution in [0.15, 0.2) is 41.5 Å². The normalized spacial score (nSPS) is 17.0. The Morgan fingerprint density at radius 2 is 2.23 bits per heavy atom. The van der Waals surface area contributed by atoms with Crippen LogP contribution in [0.3, 0.4) is 0 Å². The predicted molar refractivity (Wildman–Crippen MR) is 116 cm³/mol.